The molecule has 1 radical (unpaired) electrons. The van der Waals surface area contributed by atoms with Gasteiger partial charge in [-0.15, -0.1) is 0 Å². The van der Waals surface area contributed by atoms with Crippen LogP contribution in [0.1, 0.15) is 62.3 Å². The van der Waals surface area contributed by atoms with E-state index in [4.69, 9.17) is 9.68 Å². The van der Waals surface area contributed by atoms with Gasteiger partial charge >= 0.3 is 0 Å². The van der Waals surface area contributed by atoms with Gasteiger partial charge in [-0.1, -0.05) is 34.6 Å². The van der Waals surface area contributed by atoms with Crippen LogP contribution in [0.2, 0.25) is 0 Å². The molecule has 0 aromatic heterocycles. The summed E-state index contributed by atoms with van der Waals surface area (Å²) in [6.45, 7) is 18.7. The van der Waals surface area contributed by atoms with Crippen molar-refractivity contribution >= 4 is 0 Å². The van der Waals surface area contributed by atoms with Gasteiger partial charge in [-0.3, -0.25) is 9.68 Å². The van der Waals surface area contributed by atoms with E-state index < -0.39 is 0 Å². The average molecular weight is 259 g/mol. The van der Waals surface area contributed by atoms with Crippen LogP contribution >= 0.6 is 0 Å². The second-order valence-corrected chi connectivity index (χ2v) is 6.82. The molecule has 0 saturated heterocycles. The van der Waals surface area contributed by atoms with Crippen molar-refractivity contribution in [3.63, 3.8) is 0 Å². The molecule has 0 aromatic carbocycles. The van der Waals surface area contributed by atoms with Crippen LogP contribution in [0.25, 0.3) is 0 Å². The summed E-state index contributed by atoms with van der Waals surface area (Å²) in [4.78, 5) is 11.2. The number of rotatable bonds is 7. The van der Waals surface area contributed by atoms with Gasteiger partial charge in [0.05, 0.1) is 11.7 Å². The van der Waals surface area contributed by atoms with Gasteiger partial charge in [0.25, 0.3) is 0 Å². The van der Waals surface area contributed by atoms with Gasteiger partial charge < -0.3 is 0 Å². The fourth-order valence-corrected chi connectivity index (χ4v) is 0.700. The molecule has 4 heteroatoms. The molecule has 4 nitrogen and oxygen atoms in total. The molecule has 0 aliphatic heterocycles. The zero-order valence-electron chi connectivity index (χ0n) is 13.5. The maximum atomic E-state index is 5.64. The Hall–Kier alpha value is -0.160. The van der Waals surface area contributed by atoms with Crippen molar-refractivity contribution in [3.8, 4) is 0 Å². The molecule has 18 heavy (non-hydrogen) atoms. The van der Waals surface area contributed by atoms with Gasteiger partial charge in [0.15, 0.2) is 0 Å². The van der Waals surface area contributed by atoms with Gasteiger partial charge in [-0.2, -0.15) is 11.0 Å². The summed E-state index contributed by atoms with van der Waals surface area (Å²) in [6, 6.07) is 0. The molecular weight excluding hydrogens is 228 g/mol. The van der Waals surface area contributed by atoms with E-state index in [1.165, 1.54) is 0 Å². The van der Waals surface area contributed by atoms with Gasteiger partial charge in [0.2, 0.25) is 0 Å². The summed E-state index contributed by atoms with van der Waals surface area (Å²) in [5.74, 6) is 0.423. The van der Waals surface area contributed by atoms with Crippen molar-refractivity contribution in [3.05, 3.63) is 6.17 Å². The quantitative estimate of drug-likeness (QED) is 0.688. The lowest BCUT2D eigenvalue weighted by molar-refractivity contribution is -0.134. The Labute approximate surface area is 113 Å². The van der Waals surface area contributed by atoms with Crippen LogP contribution < -0.4 is 11.0 Å². The molecule has 1 atom stereocenters. The monoisotopic (exact) mass is 259 g/mol. The van der Waals surface area contributed by atoms with Crippen LogP contribution in [0.15, 0.2) is 0 Å². The van der Waals surface area contributed by atoms with Crippen LogP contribution in [0.5, 0.6) is 0 Å². The second kappa shape index (κ2) is 6.85. The number of hydrogen-bond acceptors (Lipinski definition) is 4. The van der Waals surface area contributed by atoms with Crippen LogP contribution in [-0.2, 0) is 9.68 Å². The summed E-state index contributed by atoms with van der Waals surface area (Å²) in [6.07, 6.45) is 0.854. The normalized spacial score (nSPS) is 15.5. The lowest BCUT2D eigenvalue weighted by Gasteiger charge is -2.32. The Morgan fingerprint density at radius 3 is 1.83 bits per heavy atom. The summed E-state index contributed by atoms with van der Waals surface area (Å²) < 4.78 is 0. The third kappa shape index (κ3) is 6.69. The molecule has 2 N–H and O–H groups in total. The second-order valence-electron chi connectivity index (χ2n) is 6.82. The summed E-state index contributed by atoms with van der Waals surface area (Å²) >= 11 is 0. The summed E-state index contributed by atoms with van der Waals surface area (Å²) in [7, 11) is 0. The van der Waals surface area contributed by atoms with Crippen molar-refractivity contribution in [2.45, 2.75) is 74.0 Å². The number of nitrogens with one attached hydrogen (secondary N) is 2. The molecule has 0 bridgehead atoms. The first-order valence-corrected chi connectivity index (χ1v) is 6.66. The minimum atomic E-state index is -0.224. The molecule has 1 unspecified atom stereocenters. The van der Waals surface area contributed by atoms with E-state index in [9.17, 15) is 0 Å². The van der Waals surface area contributed by atoms with Crippen molar-refractivity contribution in [1.82, 2.24) is 11.0 Å². The van der Waals surface area contributed by atoms with Crippen molar-refractivity contribution in [2.24, 2.45) is 11.3 Å². The lowest BCUT2D eigenvalue weighted by Crippen LogP contribution is -2.43. The largest absolute Gasteiger partial charge is 0.296 e. The zero-order valence-corrected chi connectivity index (χ0v) is 13.5. The minimum Gasteiger partial charge on any atom is -0.296 e. The molecule has 0 aliphatic rings. The SMILES string of the molecule is C[C](NOC(C)C(C)(C)C)NOC(C)(C)C(C)C. The fraction of sp³-hybridized carbons (Fsp3) is 0.929. The Bertz CT molecular complexity index is 234. The summed E-state index contributed by atoms with van der Waals surface area (Å²) in [5, 5.41) is 0. The number of hydroxylamine groups is 2. The first-order valence-electron chi connectivity index (χ1n) is 6.66. The van der Waals surface area contributed by atoms with Crippen LogP contribution in [0, 0.1) is 17.5 Å². The van der Waals surface area contributed by atoms with Gasteiger partial charge in [-0.05, 0) is 39.0 Å². The lowest BCUT2D eigenvalue weighted by atomic mass is 9.90. The predicted molar refractivity (Wildman–Crippen MR) is 75.2 cm³/mol. The standard InChI is InChI=1S/C14H31N2O2/c1-10(2)14(8,9)18-16-12(4)15-17-11(3)13(5,6)7/h10-11,15-16H,1-9H3. The van der Waals surface area contributed by atoms with Gasteiger partial charge in [0, 0.05) is 0 Å². The molecule has 0 aliphatic carbocycles. The Kier molecular flexibility index (Phi) is 6.79. The molecule has 0 fully saturated rings. The molecule has 0 heterocycles. The maximum Gasteiger partial charge on any atom is 0.147 e. The third-order valence-electron chi connectivity index (χ3n) is 3.47. The molecule has 0 aromatic rings. The van der Waals surface area contributed by atoms with E-state index in [0.717, 1.165) is 6.17 Å². The van der Waals surface area contributed by atoms with E-state index in [1.807, 2.05) is 13.8 Å². The van der Waals surface area contributed by atoms with E-state index in [-0.39, 0.29) is 17.1 Å². The zero-order chi connectivity index (χ0) is 14.6. The molecule has 0 rings (SSSR count). The van der Waals surface area contributed by atoms with Crippen molar-refractivity contribution in [1.29, 1.82) is 0 Å². The van der Waals surface area contributed by atoms with E-state index in [2.05, 4.69) is 59.4 Å². The predicted octanol–water partition coefficient (Wildman–Crippen LogP) is 3.41. The first-order chi connectivity index (χ1) is 7.97. The minimum absolute atomic E-state index is 0.103. The smallest absolute Gasteiger partial charge is 0.147 e. The van der Waals surface area contributed by atoms with E-state index in [1.54, 1.807) is 0 Å². The highest BCUT2D eigenvalue weighted by atomic mass is 16.7. The van der Waals surface area contributed by atoms with Gasteiger partial charge in [0.1, 0.15) is 6.17 Å². The number of hydrogen-bond donors (Lipinski definition) is 2. The highest BCUT2D eigenvalue weighted by Crippen LogP contribution is 2.21. The molecule has 109 valence electrons. The van der Waals surface area contributed by atoms with Crippen LogP contribution in [0.4, 0.5) is 0 Å². The maximum absolute atomic E-state index is 5.64. The average Bonchev–Trinajstić information content (AvgIpc) is 2.21. The van der Waals surface area contributed by atoms with Crippen molar-refractivity contribution in [2.75, 3.05) is 0 Å². The van der Waals surface area contributed by atoms with Gasteiger partial charge in [-0.25, -0.2) is 0 Å². The summed E-state index contributed by atoms with van der Waals surface area (Å²) in [5.41, 5.74) is 5.65. The molecule has 0 saturated carbocycles. The first kappa shape index (κ1) is 17.8. The highest BCUT2D eigenvalue weighted by Gasteiger charge is 2.25. The third-order valence-corrected chi connectivity index (χ3v) is 3.47. The van der Waals surface area contributed by atoms with E-state index >= 15 is 0 Å². The van der Waals surface area contributed by atoms with Crippen LogP contribution in [0.3, 0.4) is 0 Å². The van der Waals surface area contributed by atoms with Crippen LogP contribution in [-0.4, -0.2) is 11.7 Å². The Morgan fingerprint density at radius 2 is 1.44 bits per heavy atom. The Balaban J connectivity index is 3.96. The highest BCUT2D eigenvalue weighted by molar-refractivity contribution is 4.76. The fourth-order valence-electron chi connectivity index (χ4n) is 0.700. The topological polar surface area (TPSA) is 42.5 Å². The molecular formula is C14H31N2O2. The molecule has 0 amide bonds. The van der Waals surface area contributed by atoms with Crippen molar-refractivity contribution < 1.29 is 9.68 Å². The van der Waals surface area contributed by atoms with E-state index in [0.29, 0.717) is 5.92 Å². The molecule has 0 spiro atoms. The Morgan fingerprint density at radius 1 is 0.944 bits per heavy atom.